The van der Waals surface area contributed by atoms with Crippen LogP contribution in [0.4, 0.5) is 0 Å². The maximum Gasteiger partial charge on any atom is 0.335 e. The van der Waals surface area contributed by atoms with Gasteiger partial charge in [0, 0.05) is 27.3 Å². The molecule has 0 radical (unpaired) electrons. The van der Waals surface area contributed by atoms with Crippen molar-refractivity contribution < 1.29 is 23.9 Å². The molecule has 2 fully saturated rings. The number of rotatable bonds is 5. The molecule has 0 saturated carbocycles. The van der Waals surface area contributed by atoms with E-state index in [9.17, 15) is 5.11 Å². The lowest BCUT2D eigenvalue weighted by Crippen LogP contribution is -2.43. The van der Waals surface area contributed by atoms with Gasteiger partial charge in [-0.3, -0.25) is 4.99 Å². The van der Waals surface area contributed by atoms with Crippen LogP contribution < -0.4 is 0 Å². The summed E-state index contributed by atoms with van der Waals surface area (Å²) in [6, 6.07) is 0. The topological polar surface area (TPSA) is 82.1 Å². The summed E-state index contributed by atoms with van der Waals surface area (Å²) in [6.45, 7) is 7.56. The lowest BCUT2D eigenvalue weighted by Gasteiger charge is -2.29. The zero-order chi connectivity index (χ0) is 20.6. The van der Waals surface area contributed by atoms with Gasteiger partial charge in [-0.2, -0.15) is 0 Å². The molecular weight excluding hydrogens is 362 g/mol. The van der Waals surface area contributed by atoms with Crippen LogP contribution in [0.15, 0.2) is 33.7 Å². The predicted molar refractivity (Wildman–Crippen MR) is 106 cm³/mol. The van der Waals surface area contributed by atoms with E-state index in [4.69, 9.17) is 14.2 Å². The molecule has 0 amide bonds. The average Bonchev–Trinajstić information content (AvgIpc) is 3.24. The number of amidine groups is 1. The van der Waals surface area contributed by atoms with E-state index >= 15 is 0 Å². The molecule has 0 bridgehead atoms. The molecule has 0 spiro atoms. The van der Waals surface area contributed by atoms with Crippen molar-refractivity contribution in [3.63, 3.8) is 0 Å². The van der Waals surface area contributed by atoms with Gasteiger partial charge in [0.2, 0.25) is 6.34 Å². The first kappa shape index (κ1) is 20.7. The molecule has 0 unspecified atom stereocenters. The van der Waals surface area contributed by atoms with Crippen molar-refractivity contribution in [3.8, 4) is 0 Å². The Morgan fingerprint density at radius 2 is 2.07 bits per heavy atom. The van der Waals surface area contributed by atoms with Gasteiger partial charge in [0.25, 0.3) is 0 Å². The molecule has 4 atom stereocenters. The standard InChI is InChI=1S/C19H30N5O4/c1-19(2)27-14-13(10-25)26-18(15(14)28-19)24-9-8-12(16(24)20-3)17(23(6)7)21-11-22(4)5/h8-9,11,13-15,18,25H,6,10H2,1-5,7H3/q+1/b17-12-,20-16?,21-11?/t13-,14-,15-,18-/m1/s1. The summed E-state index contributed by atoms with van der Waals surface area (Å²) in [7, 11) is 7.36. The Hall–Kier alpha value is -2.07. The van der Waals surface area contributed by atoms with Crippen LogP contribution in [0.5, 0.6) is 0 Å². The second-order valence-electron chi connectivity index (χ2n) is 7.73. The van der Waals surface area contributed by atoms with E-state index in [0.717, 1.165) is 5.57 Å². The van der Waals surface area contributed by atoms with E-state index in [1.807, 2.05) is 57.1 Å². The first-order valence-electron chi connectivity index (χ1n) is 9.23. The van der Waals surface area contributed by atoms with Crippen molar-refractivity contribution in [2.75, 3.05) is 34.8 Å². The Morgan fingerprint density at radius 3 is 2.64 bits per heavy atom. The summed E-state index contributed by atoms with van der Waals surface area (Å²) < 4.78 is 19.8. The van der Waals surface area contributed by atoms with Gasteiger partial charge in [0.15, 0.2) is 12.0 Å². The molecule has 9 heteroatoms. The summed E-state index contributed by atoms with van der Waals surface area (Å²) in [5.74, 6) is 0.632. The molecule has 3 rings (SSSR count). The number of fused-ring (bicyclic) bond motifs is 1. The fourth-order valence-corrected chi connectivity index (χ4v) is 3.63. The first-order chi connectivity index (χ1) is 13.2. The normalized spacial score (nSPS) is 34.5. The highest BCUT2D eigenvalue weighted by molar-refractivity contribution is 6.04. The maximum absolute atomic E-state index is 9.73. The van der Waals surface area contributed by atoms with Crippen molar-refractivity contribution >= 4 is 18.9 Å². The second-order valence-corrected chi connectivity index (χ2v) is 7.73. The Labute approximate surface area is 165 Å². The van der Waals surface area contributed by atoms with Gasteiger partial charge < -0.3 is 29.1 Å². The van der Waals surface area contributed by atoms with E-state index in [0.29, 0.717) is 11.7 Å². The Bertz CT molecular complexity index is 755. The highest BCUT2D eigenvalue weighted by Crippen LogP contribution is 2.41. The first-order valence-corrected chi connectivity index (χ1v) is 9.23. The number of aliphatic hydroxyl groups is 1. The summed E-state index contributed by atoms with van der Waals surface area (Å²) in [4.78, 5) is 12.8. The molecule has 3 aliphatic heterocycles. The number of aliphatic imine (C=N–C) groups is 2. The monoisotopic (exact) mass is 392 g/mol. The highest BCUT2D eigenvalue weighted by atomic mass is 16.8. The summed E-state index contributed by atoms with van der Waals surface area (Å²) in [5.41, 5.74) is 0.823. The number of nitrogens with zero attached hydrogens (tertiary/aromatic N) is 5. The Balaban J connectivity index is 1.94. The van der Waals surface area contributed by atoms with Crippen LogP contribution >= 0.6 is 0 Å². The zero-order valence-electron chi connectivity index (χ0n) is 17.4. The number of ether oxygens (including phenoxy) is 3. The van der Waals surface area contributed by atoms with Gasteiger partial charge >= 0.3 is 5.82 Å². The van der Waals surface area contributed by atoms with Gasteiger partial charge in [-0.05, 0) is 24.9 Å². The molecule has 3 aliphatic rings. The number of hydrogen-bond acceptors (Lipinski definition) is 6. The molecule has 28 heavy (non-hydrogen) atoms. The van der Waals surface area contributed by atoms with Crippen LogP contribution in [-0.2, 0) is 14.2 Å². The minimum atomic E-state index is -0.731. The fraction of sp³-hybridized carbons (Fsp3) is 0.632. The van der Waals surface area contributed by atoms with Gasteiger partial charge in [0.05, 0.1) is 20.4 Å². The molecule has 2 saturated heterocycles. The predicted octanol–water partition coefficient (Wildman–Crippen LogP) is 0.226. The van der Waals surface area contributed by atoms with Crippen LogP contribution in [0, 0.1) is 0 Å². The molecule has 3 heterocycles. The molecule has 0 aromatic rings. The van der Waals surface area contributed by atoms with Crippen molar-refractivity contribution in [2.24, 2.45) is 9.98 Å². The average molecular weight is 392 g/mol. The Kier molecular flexibility index (Phi) is 5.72. The van der Waals surface area contributed by atoms with Crippen LogP contribution in [0.1, 0.15) is 13.8 Å². The largest absolute Gasteiger partial charge is 0.394 e. The number of hydrogen-bond donors (Lipinski definition) is 1. The third-order valence-electron chi connectivity index (χ3n) is 4.69. The van der Waals surface area contributed by atoms with Gasteiger partial charge in [-0.1, -0.05) is 0 Å². The molecule has 9 nitrogen and oxygen atoms in total. The third kappa shape index (κ3) is 3.75. The maximum atomic E-state index is 9.73. The van der Waals surface area contributed by atoms with Crippen LogP contribution in [0.25, 0.3) is 0 Å². The van der Waals surface area contributed by atoms with Gasteiger partial charge in [-0.15, -0.1) is 0 Å². The SMILES string of the molecule is C=[N+](C)/C(N=CN(C)C)=C1/C=CN([C@@H]2O[C@H](CO)[C@H]3OC(C)(C)O[C@H]32)C1=NC. The molecule has 154 valence electrons. The third-order valence-corrected chi connectivity index (χ3v) is 4.69. The van der Waals surface area contributed by atoms with Crippen molar-refractivity contribution in [2.45, 2.75) is 44.2 Å². The van der Waals surface area contributed by atoms with E-state index < -0.39 is 18.1 Å². The van der Waals surface area contributed by atoms with Crippen LogP contribution in [-0.4, -0.2) is 103 Å². The highest BCUT2D eigenvalue weighted by Gasteiger charge is 2.57. The van der Waals surface area contributed by atoms with Crippen LogP contribution in [0.3, 0.4) is 0 Å². The summed E-state index contributed by atoms with van der Waals surface area (Å²) in [6.07, 6.45) is 3.92. The molecular formula is C19H30N5O4+. The van der Waals surface area contributed by atoms with Crippen LogP contribution in [0.2, 0.25) is 0 Å². The lowest BCUT2D eigenvalue weighted by molar-refractivity contribution is -0.435. The van der Waals surface area contributed by atoms with E-state index in [1.165, 1.54) is 0 Å². The molecule has 0 aromatic carbocycles. The molecule has 0 aliphatic carbocycles. The Morgan fingerprint density at radius 1 is 1.39 bits per heavy atom. The zero-order valence-corrected chi connectivity index (χ0v) is 17.4. The lowest BCUT2D eigenvalue weighted by atomic mass is 10.1. The second kappa shape index (κ2) is 7.75. The van der Waals surface area contributed by atoms with Gasteiger partial charge in [-0.25, -0.2) is 4.58 Å². The van der Waals surface area contributed by atoms with Gasteiger partial charge in [0.1, 0.15) is 29.7 Å². The van der Waals surface area contributed by atoms with E-state index in [2.05, 4.69) is 16.7 Å². The van der Waals surface area contributed by atoms with Crippen molar-refractivity contribution in [3.05, 3.63) is 23.7 Å². The van der Waals surface area contributed by atoms with Crippen molar-refractivity contribution in [1.29, 1.82) is 0 Å². The molecule has 1 N–H and O–H groups in total. The smallest absolute Gasteiger partial charge is 0.335 e. The van der Waals surface area contributed by atoms with E-state index in [1.54, 1.807) is 18.0 Å². The number of aliphatic hydroxyl groups excluding tert-OH is 1. The molecule has 0 aromatic heterocycles. The van der Waals surface area contributed by atoms with E-state index in [-0.39, 0.29) is 18.8 Å². The van der Waals surface area contributed by atoms with Crippen molar-refractivity contribution in [1.82, 2.24) is 9.80 Å². The summed E-state index contributed by atoms with van der Waals surface area (Å²) in [5, 5.41) is 9.73. The quantitative estimate of drug-likeness (QED) is 0.410. The summed E-state index contributed by atoms with van der Waals surface area (Å²) >= 11 is 0. The fourth-order valence-electron chi connectivity index (χ4n) is 3.63. The minimum absolute atomic E-state index is 0.143. The minimum Gasteiger partial charge on any atom is -0.394 e.